The molecule has 21 heavy (non-hydrogen) atoms. The van der Waals surface area contributed by atoms with Crippen LogP contribution in [0.3, 0.4) is 0 Å². The van der Waals surface area contributed by atoms with Gasteiger partial charge in [0.2, 0.25) is 0 Å². The highest BCUT2D eigenvalue weighted by atomic mass is 35.5. The van der Waals surface area contributed by atoms with E-state index in [-0.39, 0.29) is 5.54 Å². The second-order valence-corrected chi connectivity index (χ2v) is 6.40. The largest absolute Gasteiger partial charge is 0.383 e. The van der Waals surface area contributed by atoms with E-state index >= 15 is 0 Å². The number of nitrogens with one attached hydrogen (secondary N) is 1. The molecule has 0 amide bonds. The number of hydrogen-bond donors (Lipinski definition) is 1. The van der Waals surface area contributed by atoms with Crippen molar-refractivity contribution in [2.24, 2.45) is 0 Å². The molecule has 0 spiro atoms. The van der Waals surface area contributed by atoms with Crippen LogP contribution in [0.4, 0.5) is 5.69 Å². The Morgan fingerprint density at radius 2 is 2.24 bits per heavy atom. The Morgan fingerprint density at radius 1 is 1.43 bits per heavy atom. The molecule has 1 aliphatic heterocycles. The topological polar surface area (TPSA) is 33.7 Å². The first kappa shape index (κ1) is 16.6. The van der Waals surface area contributed by atoms with Crippen LogP contribution in [0, 0.1) is 0 Å². The molecule has 0 bridgehead atoms. The molecule has 1 N–H and O–H groups in total. The summed E-state index contributed by atoms with van der Waals surface area (Å²) >= 11 is 6.17. The Bertz CT molecular complexity index is 466. The summed E-state index contributed by atoms with van der Waals surface area (Å²) in [6, 6.07) is 6.12. The second-order valence-electron chi connectivity index (χ2n) is 5.96. The maximum atomic E-state index is 6.17. The van der Waals surface area contributed by atoms with E-state index in [0.29, 0.717) is 6.61 Å². The van der Waals surface area contributed by atoms with Crippen molar-refractivity contribution in [1.82, 2.24) is 5.32 Å². The minimum absolute atomic E-state index is 0.00659. The molecule has 5 heteroatoms. The fourth-order valence-corrected chi connectivity index (χ4v) is 2.86. The SMILES string of the molecule is COCCNCc1cc(Cl)ccc1N1CCOCC1(C)C. The Morgan fingerprint density at radius 3 is 2.95 bits per heavy atom. The summed E-state index contributed by atoms with van der Waals surface area (Å²) in [5, 5.41) is 4.17. The van der Waals surface area contributed by atoms with Crippen LogP contribution in [0.2, 0.25) is 5.02 Å². The molecule has 1 aromatic carbocycles. The zero-order valence-electron chi connectivity index (χ0n) is 13.1. The van der Waals surface area contributed by atoms with E-state index in [4.69, 9.17) is 21.1 Å². The van der Waals surface area contributed by atoms with Gasteiger partial charge in [-0.15, -0.1) is 0 Å². The standard InChI is InChI=1S/C16H25ClN2O2/c1-16(2)12-21-9-7-19(16)15-5-4-14(17)10-13(15)11-18-6-8-20-3/h4-5,10,18H,6-9,11-12H2,1-3H3. The van der Waals surface area contributed by atoms with Gasteiger partial charge in [0.25, 0.3) is 0 Å². The van der Waals surface area contributed by atoms with Gasteiger partial charge in [-0.05, 0) is 37.6 Å². The van der Waals surface area contributed by atoms with Gasteiger partial charge in [0.05, 0.1) is 25.4 Å². The lowest BCUT2D eigenvalue weighted by molar-refractivity contribution is 0.0643. The Kier molecular flexibility index (Phi) is 5.88. The fourth-order valence-electron chi connectivity index (χ4n) is 2.66. The molecule has 1 aromatic rings. The maximum Gasteiger partial charge on any atom is 0.0694 e. The molecule has 1 saturated heterocycles. The average molecular weight is 313 g/mol. The van der Waals surface area contributed by atoms with Gasteiger partial charge in [-0.1, -0.05) is 11.6 Å². The summed E-state index contributed by atoms with van der Waals surface area (Å²) in [5.41, 5.74) is 2.44. The van der Waals surface area contributed by atoms with E-state index in [9.17, 15) is 0 Å². The number of methoxy groups -OCH3 is 1. The number of hydrogen-bond acceptors (Lipinski definition) is 4. The van der Waals surface area contributed by atoms with Crippen molar-refractivity contribution >= 4 is 17.3 Å². The molecule has 1 aliphatic rings. The summed E-state index contributed by atoms with van der Waals surface area (Å²) < 4.78 is 10.7. The van der Waals surface area contributed by atoms with Crippen LogP contribution < -0.4 is 10.2 Å². The van der Waals surface area contributed by atoms with Crippen molar-refractivity contribution in [3.63, 3.8) is 0 Å². The molecule has 1 heterocycles. The predicted octanol–water partition coefficient (Wildman–Crippen LogP) is 2.69. The van der Waals surface area contributed by atoms with Crippen molar-refractivity contribution in [2.45, 2.75) is 25.9 Å². The minimum Gasteiger partial charge on any atom is -0.383 e. The zero-order chi connectivity index (χ0) is 15.3. The Balaban J connectivity index is 2.17. The first-order chi connectivity index (χ1) is 10.0. The van der Waals surface area contributed by atoms with Crippen LogP contribution in [0.25, 0.3) is 0 Å². The summed E-state index contributed by atoms with van der Waals surface area (Å²) in [6.45, 7) is 9.15. The van der Waals surface area contributed by atoms with E-state index in [1.54, 1.807) is 7.11 Å². The highest BCUT2D eigenvalue weighted by molar-refractivity contribution is 6.30. The number of benzene rings is 1. The van der Waals surface area contributed by atoms with Crippen LogP contribution in [-0.4, -0.2) is 45.6 Å². The predicted molar refractivity (Wildman–Crippen MR) is 87.3 cm³/mol. The van der Waals surface area contributed by atoms with Gasteiger partial charge < -0.3 is 19.7 Å². The van der Waals surface area contributed by atoms with Crippen molar-refractivity contribution in [3.8, 4) is 0 Å². The molecule has 0 atom stereocenters. The first-order valence-corrected chi connectivity index (χ1v) is 7.76. The van der Waals surface area contributed by atoms with E-state index in [1.807, 2.05) is 12.1 Å². The molecular formula is C16H25ClN2O2. The zero-order valence-corrected chi connectivity index (χ0v) is 13.9. The molecule has 0 saturated carbocycles. The van der Waals surface area contributed by atoms with Crippen LogP contribution in [0.1, 0.15) is 19.4 Å². The third kappa shape index (κ3) is 4.33. The average Bonchev–Trinajstić information content (AvgIpc) is 2.44. The molecule has 0 unspecified atom stereocenters. The first-order valence-electron chi connectivity index (χ1n) is 7.38. The maximum absolute atomic E-state index is 6.17. The number of nitrogens with zero attached hydrogens (tertiary/aromatic N) is 1. The smallest absolute Gasteiger partial charge is 0.0694 e. The third-order valence-corrected chi connectivity index (χ3v) is 4.01. The van der Waals surface area contributed by atoms with Crippen LogP contribution >= 0.6 is 11.6 Å². The minimum atomic E-state index is -0.00659. The van der Waals surface area contributed by atoms with Crippen molar-refractivity contribution < 1.29 is 9.47 Å². The highest BCUT2D eigenvalue weighted by Crippen LogP contribution is 2.31. The number of halogens is 1. The van der Waals surface area contributed by atoms with E-state index < -0.39 is 0 Å². The summed E-state index contributed by atoms with van der Waals surface area (Å²) in [4.78, 5) is 2.42. The van der Waals surface area contributed by atoms with Crippen LogP contribution in [-0.2, 0) is 16.0 Å². The molecule has 0 radical (unpaired) electrons. The summed E-state index contributed by atoms with van der Waals surface area (Å²) in [5.74, 6) is 0. The molecule has 4 nitrogen and oxygen atoms in total. The number of rotatable bonds is 6. The second kappa shape index (κ2) is 7.45. The lowest BCUT2D eigenvalue weighted by Gasteiger charge is -2.44. The van der Waals surface area contributed by atoms with E-state index in [1.165, 1.54) is 11.3 Å². The quantitative estimate of drug-likeness (QED) is 0.819. The molecule has 1 fully saturated rings. The monoisotopic (exact) mass is 312 g/mol. The summed E-state index contributed by atoms with van der Waals surface area (Å²) in [7, 11) is 1.71. The van der Waals surface area contributed by atoms with Gasteiger partial charge in [0.1, 0.15) is 0 Å². The van der Waals surface area contributed by atoms with Gasteiger partial charge in [0.15, 0.2) is 0 Å². The van der Waals surface area contributed by atoms with Gasteiger partial charge >= 0.3 is 0 Å². The Hall–Kier alpha value is -0.810. The molecule has 118 valence electrons. The number of morpholine rings is 1. The lowest BCUT2D eigenvalue weighted by atomic mass is 9.99. The number of anilines is 1. The number of ether oxygens (including phenoxy) is 2. The van der Waals surface area contributed by atoms with E-state index in [2.05, 4.69) is 30.1 Å². The van der Waals surface area contributed by atoms with Crippen LogP contribution in [0.15, 0.2) is 18.2 Å². The fraction of sp³-hybridized carbons (Fsp3) is 0.625. The van der Waals surface area contributed by atoms with Gasteiger partial charge in [-0.2, -0.15) is 0 Å². The Labute approximate surface area is 132 Å². The molecule has 0 aromatic heterocycles. The third-order valence-electron chi connectivity index (χ3n) is 3.78. The van der Waals surface area contributed by atoms with Gasteiger partial charge in [0, 0.05) is 37.5 Å². The van der Waals surface area contributed by atoms with Crippen LogP contribution in [0.5, 0.6) is 0 Å². The van der Waals surface area contributed by atoms with E-state index in [0.717, 1.165) is 37.9 Å². The highest BCUT2D eigenvalue weighted by Gasteiger charge is 2.31. The van der Waals surface area contributed by atoms with Crippen molar-refractivity contribution in [2.75, 3.05) is 44.9 Å². The molecular weight excluding hydrogens is 288 g/mol. The molecule has 0 aliphatic carbocycles. The molecule has 2 rings (SSSR count). The normalized spacial score (nSPS) is 18.0. The van der Waals surface area contributed by atoms with Crippen molar-refractivity contribution in [1.29, 1.82) is 0 Å². The summed E-state index contributed by atoms with van der Waals surface area (Å²) in [6.07, 6.45) is 0. The lowest BCUT2D eigenvalue weighted by Crippen LogP contribution is -2.53. The van der Waals surface area contributed by atoms with Gasteiger partial charge in [-0.25, -0.2) is 0 Å². The van der Waals surface area contributed by atoms with Crippen molar-refractivity contribution in [3.05, 3.63) is 28.8 Å². The van der Waals surface area contributed by atoms with Gasteiger partial charge in [-0.3, -0.25) is 0 Å².